The standard InChI is InChI=1S/C21H19ClN2O5S/c1-11-14(22)6-5-7-15(11)24-20(26)13(19(25)23-21(24)30)8-12-9-16(27-2)18(29-4)17(10-12)28-3/h5-10H,1-4H3,(H,23,25,30)/b13-8-. The molecule has 1 saturated heterocycles. The highest BCUT2D eigenvalue weighted by Gasteiger charge is 2.35. The van der Waals surface area contributed by atoms with E-state index >= 15 is 0 Å². The number of thiocarbonyl (C=S) groups is 1. The minimum atomic E-state index is -0.602. The molecule has 2 aromatic rings. The largest absolute Gasteiger partial charge is 0.493 e. The number of halogens is 1. The normalized spacial score (nSPS) is 15.3. The molecule has 0 bridgehead atoms. The van der Waals surface area contributed by atoms with Crippen molar-refractivity contribution in [2.75, 3.05) is 26.2 Å². The molecule has 30 heavy (non-hydrogen) atoms. The van der Waals surface area contributed by atoms with Gasteiger partial charge in [-0.2, -0.15) is 0 Å². The second-order valence-electron chi connectivity index (χ2n) is 6.30. The smallest absolute Gasteiger partial charge is 0.270 e. The summed E-state index contributed by atoms with van der Waals surface area (Å²) in [5.41, 5.74) is 1.57. The summed E-state index contributed by atoms with van der Waals surface area (Å²) in [6.07, 6.45) is 1.44. The van der Waals surface area contributed by atoms with Crippen molar-refractivity contribution in [3.05, 3.63) is 52.1 Å². The van der Waals surface area contributed by atoms with Crippen LogP contribution in [0.2, 0.25) is 5.02 Å². The average Bonchev–Trinajstić information content (AvgIpc) is 2.73. The quantitative estimate of drug-likeness (QED) is 0.430. The van der Waals surface area contributed by atoms with E-state index < -0.39 is 11.8 Å². The van der Waals surface area contributed by atoms with Gasteiger partial charge in [-0.25, -0.2) is 0 Å². The van der Waals surface area contributed by atoms with E-state index in [2.05, 4.69) is 5.32 Å². The van der Waals surface area contributed by atoms with Gasteiger partial charge in [-0.05, 0) is 60.6 Å². The van der Waals surface area contributed by atoms with Crippen LogP contribution in [0.15, 0.2) is 35.9 Å². The number of ether oxygens (including phenoxy) is 3. The summed E-state index contributed by atoms with van der Waals surface area (Å²) in [6.45, 7) is 1.77. The summed E-state index contributed by atoms with van der Waals surface area (Å²) in [4.78, 5) is 27.0. The SMILES string of the molecule is COc1cc(/C=C2/C(=O)NC(=S)N(c3cccc(Cl)c3C)C2=O)cc(OC)c1OC. The molecule has 1 heterocycles. The molecule has 0 radical (unpaired) electrons. The Kier molecular flexibility index (Phi) is 6.28. The van der Waals surface area contributed by atoms with Gasteiger partial charge < -0.3 is 14.2 Å². The zero-order valence-electron chi connectivity index (χ0n) is 16.7. The number of carbonyl (C=O) groups is 2. The van der Waals surface area contributed by atoms with E-state index in [9.17, 15) is 9.59 Å². The highest BCUT2D eigenvalue weighted by molar-refractivity contribution is 7.80. The molecule has 3 rings (SSSR count). The van der Waals surface area contributed by atoms with Gasteiger partial charge in [0.2, 0.25) is 5.75 Å². The van der Waals surface area contributed by atoms with Crippen molar-refractivity contribution in [2.45, 2.75) is 6.92 Å². The number of amides is 2. The maximum Gasteiger partial charge on any atom is 0.270 e. The van der Waals surface area contributed by atoms with Crippen molar-refractivity contribution in [1.82, 2.24) is 5.32 Å². The Labute approximate surface area is 184 Å². The Morgan fingerprint density at radius 2 is 1.70 bits per heavy atom. The molecule has 0 atom stereocenters. The van der Waals surface area contributed by atoms with Gasteiger partial charge in [0.15, 0.2) is 16.6 Å². The summed E-state index contributed by atoms with van der Waals surface area (Å²) in [5, 5.41) is 3.02. The number of rotatable bonds is 5. The van der Waals surface area contributed by atoms with Crippen LogP contribution < -0.4 is 24.4 Å². The number of hydrogen-bond acceptors (Lipinski definition) is 6. The van der Waals surface area contributed by atoms with Crippen LogP contribution in [0.4, 0.5) is 5.69 Å². The first kappa shape index (κ1) is 21.6. The molecule has 2 amide bonds. The van der Waals surface area contributed by atoms with Gasteiger partial charge in [0.1, 0.15) is 5.57 Å². The van der Waals surface area contributed by atoms with Crippen LogP contribution >= 0.6 is 23.8 Å². The van der Waals surface area contributed by atoms with E-state index in [1.807, 2.05) is 0 Å². The lowest BCUT2D eigenvalue weighted by Gasteiger charge is -2.30. The van der Waals surface area contributed by atoms with E-state index in [0.717, 1.165) is 0 Å². The lowest BCUT2D eigenvalue weighted by molar-refractivity contribution is -0.122. The number of nitrogens with one attached hydrogen (secondary N) is 1. The molecule has 9 heteroatoms. The van der Waals surface area contributed by atoms with Crippen LogP contribution in [-0.2, 0) is 9.59 Å². The molecule has 2 aromatic carbocycles. The predicted molar refractivity (Wildman–Crippen MR) is 118 cm³/mol. The number of carbonyl (C=O) groups excluding carboxylic acids is 2. The molecule has 0 aliphatic carbocycles. The van der Waals surface area contributed by atoms with Gasteiger partial charge >= 0.3 is 0 Å². The predicted octanol–water partition coefficient (Wildman–Crippen LogP) is 3.51. The molecule has 0 spiro atoms. The van der Waals surface area contributed by atoms with Crippen LogP contribution in [0.25, 0.3) is 6.08 Å². The van der Waals surface area contributed by atoms with Gasteiger partial charge in [-0.3, -0.25) is 19.8 Å². The van der Waals surface area contributed by atoms with Crippen LogP contribution in [0.1, 0.15) is 11.1 Å². The first-order chi connectivity index (χ1) is 14.3. The molecule has 1 aliphatic rings. The fourth-order valence-corrected chi connectivity index (χ4v) is 3.51. The second kappa shape index (κ2) is 8.73. The Morgan fingerprint density at radius 3 is 2.27 bits per heavy atom. The van der Waals surface area contributed by atoms with E-state index in [1.54, 1.807) is 37.3 Å². The molecule has 1 aliphatic heterocycles. The molecule has 0 saturated carbocycles. The fourth-order valence-electron chi connectivity index (χ4n) is 3.07. The first-order valence-corrected chi connectivity index (χ1v) is 9.57. The summed E-state index contributed by atoms with van der Waals surface area (Å²) >= 11 is 11.4. The Balaban J connectivity index is 2.10. The summed E-state index contributed by atoms with van der Waals surface area (Å²) in [7, 11) is 4.45. The fraction of sp³-hybridized carbons (Fsp3) is 0.190. The molecule has 0 aromatic heterocycles. The second-order valence-corrected chi connectivity index (χ2v) is 7.09. The van der Waals surface area contributed by atoms with Crippen molar-refractivity contribution in [2.24, 2.45) is 0 Å². The molecule has 156 valence electrons. The lowest BCUT2D eigenvalue weighted by atomic mass is 10.0. The van der Waals surface area contributed by atoms with Gasteiger partial charge in [-0.1, -0.05) is 17.7 Å². The highest BCUT2D eigenvalue weighted by Crippen LogP contribution is 2.39. The molecule has 0 unspecified atom stereocenters. The maximum absolute atomic E-state index is 13.2. The van der Waals surface area contributed by atoms with Crippen LogP contribution in [0.5, 0.6) is 17.2 Å². The lowest BCUT2D eigenvalue weighted by Crippen LogP contribution is -2.54. The third-order valence-electron chi connectivity index (χ3n) is 4.58. The van der Waals surface area contributed by atoms with Crippen LogP contribution in [0, 0.1) is 6.92 Å². The molecule has 7 nitrogen and oxygen atoms in total. The van der Waals surface area contributed by atoms with Gasteiger partial charge in [0.05, 0.1) is 27.0 Å². The van der Waals surface area contributed by atoms with Crippen molar-refractivity contribution in [1.29, 1.82) is 0 Å². The summed E-state index contributed by atoms with van der Waals surface area (Å²) in [5.74, 6) is 0.0207. The zero-order chi connectivity index (χ0) is 22.0. The summed E-state index contributed by atoms with van der Waals surface area (Å²) in [6, 6.07) is 8.40. The van der Waals surface area contributed by atoms with Gasteiger partial charge in [0.25, 0.3) is 11.8 Å². The number of methoxy groups -OCH3 is 3. The van der Waals surface area contributed by atoms with Crippen molar-refractivity contribution < 1.29 is 23.8 Å². The molecule has 1 N–H and O–H groups in total. The number of benzene rings is 2. The van der Waals surface area contributed by atoms with E-state index in [-0.39, 0.29) is 10.7 Å². The highest BCUT2D eigenvalue weighted by atomic mass is 35.5. The topological polar surface area (TPSA) is 77.1 Å². The van der Waals surface area contributed by atoms with Gasteiger partial charge in [-0.15, -0.1) is 0 Å². The molecular formula is C21H19ClN2O5S. The first-order valence-electron chi connectivity index (χ1n) is 8.79. The minimum Gasteiger partial charge on any atom is -0.493 e. The number of anilines is 1. The van der Waals surface area contributed by atoms with E-state index in [4.69, 9.17) is 38.0 Å². The third-order valence-corrected chi connectivity index (χ3v) is 5.27. The summed E-state index contributed by atoms with van der Waals surface area (Å²) < 4.78 is 16.0. The van der Waals surface area contributed by atoms with Crippen LogP contribution in [0.3, 0.4) is 0 Å². The maximum atomic E-state index is 13.2. The van der Waals surface area contributed by atoms with E-state index in [1.165, 1.54) is 32.3 Å². The Bertz CT molecular complexity index is 1060. The van der Waals surface area contributed by atoms with Crippen LogP contribution in [-0.4, -0.2) is 38.3 Å². The minimum absolute atomic E-state index is 0.0163. The van der Waals surface area contributed by atoms with Crippen molar-refractivity contribution >= 4 is 52.5 Å². The Morgan fingerprint density at radius 1 is 1.07 bits per heavy atom. The zero-order valence-corrected chi connectivity index (χ0v) is 18.3. The number of nitrogens with zero attached hydrogens (tertiary/aromatic N) is 1. The average molecular weight is 447 g/mol. The monoisotopic (exact) mass is 446 g/mol. The molecule has 1 fully saturated rings. The third kappa shape index (κ3) is 3.83. The number of hydrogen-bond donors (Lipinski definition) is 1. The molecular weight excluding hydrogens is 428 g/mol. The van der Waals surface area contributed by atoms with Gasteiger partial charge in [0, 0.05) is 5.02 Å². The van der Waals surface area contributed by atoms with Crippen molar-refractivity contribution in [3.8, 4) is 17.2 Å². The Hall–Kier alpha value is -3.10. The van der Waals surface area contributed by atoms with E-state index in [0.29, 0.717) is 39.1 Å². The van der Waals surface area contributed by atoms with Crippen molar-refractivity contribution in [3.63, 3.8) is 0 Å².